The Morgan fingerprint density at radius 1 is 0.949 bits per heavy atom. The molecule has 0 atom stereocenters. The number of hydrogen-bond acceptors (Lipinski definition) is 4. The topological polar surface area (TPSA) is 70.6 Å². The van der Waals surface area contributed by atoms with Crippen molar-refractivity contribution in [3.8, 4) is 0 Å². The van der Waals surface area contributed by atoms with E-state index in [1.54, 1.807) is 36.5 Å². The number of nitrogens with zero attached hydrogens (tertiary/aromatic N) is 3. The highest BCUT2D eigenvalue weighted by atomic mass is 32.2. The molecule has 3 aromatic carbocycles. The highest BCUT2D eigenvalue weighted by Crippen LogP contribution is 2.32. The largest absolute Gasteiger partial charge is 0.334 e. The number of hydrogen-bond donors (Lipinski definition) is 0. The molecule has 1 heterocycles. The Labute approximate surface area is 231 Å². The third-order valence-corrected chi connectivity index (χ3v) is 8.99. The van der Waals surface area contributed by atoms with E-state index >= 15 is 0 Å². The van der Waals surface area contributed by atoms with E-state index in [9.17, 15) is 13.2 Å². The lowest BCUT2D eigenvalue weighted by Crippen LogP contribution is -2.43. The summed E-state index contributed by atoms with van der Waals surface area (Å²) in [6.07, 6.45) is 3.57. The summed E-state index contributed by atoms with van der Waals surface area (Å²) in [6, 6.07) is 24.2. The maximum atomic E-state index is 14.1. The lowest BCUT2D eigenvalue weighted by molar-refractivity contribution is -0.130. The highest BCUT2D eigenvalue weighted by Gasteiger charge is 2.36. The molecule has 1 fully saturated rings. The number of aromatic nitrogens is 1. The summed E-state index contributed by atoms with van der Waals surface area (Å²) in [4.78, 5) is 20.2. The van der Waals surface area contributed by atoms with Crippen LogP contribution in [0.2, 0.25) is 0 Å². The van der Waals surface area contributed by atoms with Gasteiger partial charge in [-0.1, -0.05) is 68.8 Å². The van der Waals surface area contributed by atoms with Crippen molar-refractivity contribution in [1.29, 1.82) is 0 Å². The number of anilines is 1. The van der Waals surface area contributed by atoms with Gasteiger partial charge in [0, 0.05) is 24.2 Å². The van der Waals surface area contributed by atoms with Crippen molar-refractivity contribution >= 4 is 32.5 Å². The molecule has 0 unspecified atom stereocenters. The van der Waals surface area contributed by atoms with E-state index in [2.05, 4.69) is 31.8 Å². The van der Waals surface area contributed by atoms with Gasteiger partial charge in [0.1, 0.15) is 6.54 Å². The summed E-state index contributed by atoms with van der Waals surface area (Å²) in [5.41, 5.74) is 4.30. The molecule has 4 aromatic rings. The van der Waals surface area contributed by atoms with Gasteiger partial charge >= 0.3 is 0 Å². The van der Waals surface area contributed by atoms with Crippen LogP contribution in [0.1, 0.15) is 50.3 Å². The van der Waals surface area contributed by atoms with Gasteiger partial charge in [0.2, 0.25) is 5.91 Å². The number of sulfonamides is 1. The van der Waals surface area contributed by atoms with Crippen molar-refractivity contribution in [2.45, 2.75) is 63.4 Å². The number of aryl methyl sites for hydroxylation is 1. The van der Waals surface area contributed by atoms with Crippen LogP contribution in [0.5, 0.6) is 0 Å². The first-order valence-electron chi connectivity index (χ1n) is 13.4. The van der Waals surface area contributed by atoms with Gasteiger partial charge in [0.05, 0.1) is 16.1 Å². The average Bonchev–Trinajstić information content (AvgIpc) is 3.75. The molecule has 5 rings (SSSR count). The van der Waals surface area contributed by atoms with Crippen molar-refractivity contribution in [2.24, 2.45) is 0 Å². The van der Waals surface area contributed by atoms with Crippen LogP contribution in [0.25, 0.3) is 10.9 Å². The first kappa shape index (κ1) is 26.9. The van der Waals surface area contributed by atoms with Crippen molar-refractivity contribution < 1.29 is 13.2 Å². The molecule has 202 valence electrons. The molecule has 0 bridgehead atoms. The zero-order valence-corrected chi connectivity index (χ0v) is 23.8. The Hall–Kier alpha value is -3.71. The predicted molar refractivity (Wildman–Crippen MR) is 156 cm³/mol. The summed E-state index contributed by atoms with van der Waals surface area (Å²) in [6.45, 7) is 8.47. The molecule has 6 nitrogen and oxygen atoms in total. The minimum absolute atomic E-state index is 0.107. The van der Waals surface area contributed by atoms with Gasteiger partial charge in [-0.2, -0.15) is 0 Å². The Morgan fingerprint density at radius 3 is 2.36 bits per heavy atom. The summed E-state index contributed by atoms with van der Waals surface area (Å²) in [5.74, 6) is -0.208. The van der Waals surface area contributed by atoms with E-state index in [0.717, 1.165) is 40.4 Å². The van der Waals surface area contributed by atoms with E-state index < -0.39 is 10.0 Å². The van der Waals surface area contributed by atoms with E-state index in [1.165, 1.54) is 4.31 Å². The maximum Gasteiger partial charge on any atom is 0.264 e. The van der Waals surface area contributed by atoms with Crippen LogP contribution >= 0.6 is 0 Å². The maximum absolute atomic E-state index is 14.1. The van der Waals surface area contributed by atoms with E-state index in [4.69, 9.17) is 0 Å². The number of carbonyl (C=O) groups excluding carboxylic acids is 1. The SMILES string of the molecule is Cc1cccc(CN(C(=O)CN(c2ccc3ncccc3c2)S(=O)(=O)c2ccc(C(C)(C)C)cc2)C2CC2)c1. The molecule has 1 saturated carbocycles. The quantitative estimate of drug-likeness (QED) is 0.265. The average molecular weight is 542 g/mol. The molecule has 1 aromatic heterocycles. The normalized spacial score (nSPS) is 13.8. The number of fused-ring (bicyclic) bond motifs is 1. The van der Waals surface area contributed by atoms with Gasteiger partial charge in [-0.05, 0) is 72.7 Å². The van der Waals surface area contributed by atoms with Gasteiger partial charge in [-0.25, -0.2) is 8.42 Å². The summed E-state index contributed by atoms with van der Waals surface area (Å²) in [5, 5.41) is 0.810. The van der Waals surface area contributed by atoms with Crippen LogP contribution in [0, 0.1) is 6.92 Å². The van der Waals surface area contributed by atoms with Crippen molar-refractivity contribution in [3.05, 3.63) is 102 Å². The second kappa shape index (κ2) is 10.5. The zero-order chi connectivity index (χ0) is 27.8. The molecule has 0 N–H and O–H groups in total. The van der Waals surface area contributed by atoms with Gasteiger partial charge in [-0.15, -0.1) is 0 Å². The van der Waals surface area contributed by atoms with Gasteiger partial charge in [0.25, 0.3) is 10.0 Å². The van der Waals surface area contributed by atoms with Crippen LogP contribution in [-0.2, 0) is 26.8 Å². The summed E-state index contributed by atoms with van der Waals surface area (Å²) in [7, 11) is -4.03. The van der Waals surface area contributed by atoms with Gasteiger partial charge in [0.15, 0.2) is 0 Å². The minimum atomic E-state index is -4.03. The number of rotatable bonds is 8. The third-order valence-electron chi connectivity index (χ3n) is 7.21. The second-order valence-electron chi connectivity index (χ2n) is 11.4. The number of amides is 1. The third kappa shape index (κ3) is 5.98. The molecule has 7 heteroatoms. The van der Waals surface area contributed by atoms with Gasteiger partial charge < -0.3 is 4.90 Å². The standard InChI is InChI=1S/C32H35N3O3S/c1-23-7-5-8-24(19-23)21-34(27-12-13-27)31(36)22-35(28-14-17-30-25(20-28)9-6-18-33-30)39(37,38)29-15-10-26(11-16-29)32(2,3)4/h5-11,14-20,27H,12-13,21-22H2,1-4H3. The minimum Gasteiger partial charge on any atom is -0.334 e. The summed E-state index contributed by atoms with van der Waals surface area (Å²) < 4.78 is 29.5. The number of carbonyl (C=O) groups is 1. The fraction of sp³-hybridized carbons (Fsp3) is 0.312. The van der Waals surface area contributed by atoms with Crippen molar-refractivity contribution in [2.75, 3.05) is 10.8 Å². The molecule has 0 saturated heterocycles. The smallest absolute Gasteiger partial charge is 0.264 e. The van der Waals surface area contributed by atoms with E-state index in [1.807, 2.05) is 54.3 Å². The molecule has 0 aliphatic heterocycles. The molecule has 1 amide bonds. The fourth-order valence-corrected chi connectivity index (χ4v) is 6.22. The fourth-order valence-electron chi connectivity index (χ4n) is 4.82. The highest BCUT2D eigenvalue weighted by molar-refractivity contribution is 7.92. The van der Waals surface area contributed by atoms with Crippen LogP contribution in [0.15, 0.2) is 90.0 Å². The molecule has 0 radical (unpaired) electrons. The lowest BCUT2D eigenvalue weighted by Gasteiger charge is -2.29. The molecule has 1 aliphatic carbocycles. The second-order valence-corrected chi connectivity index (χ2v) is 13.3. The van der Waals surface area contributed by atoms with E-state index in [0.29, 0.717) is 12.2 Å². The Kier molecular flexibility index (Phi) is 7.21. The molecular weight excluding hydrogens is 506 g/mol. The first-order chi connectivity index (χ1) is 18.5. The Morgan fingerprint density at radius 2 is 1.69 bits per heavy atom. The number of benzene rings is 3. The van der Waals surface area contributed by atoms with Gasteiger partial charge in [-0.3, -0.25) is 14.1 Å². The predicted octanol–water partition coefficient (Wildman–Crippen LogP) is 6.23. The Bertz CT molecular complexity index is 1600. The molecule has 39 heavy (non-hydrogen) atoms. The summed E-state index contributed by atoms with van der Waals surface area (Å²) >= 11 is 0. The van der Waals surface area contributed by atoms with E-state index in [-0.39, 0.29) is 28.8 Å². The number of pyridine rings is 1. The monoisotopic (exact) mass is 541 g/mol. The first-order valence-corrected chi connectivity index (χ1v) is 14.8. The zero-order valence-electron chi connectivity index (χ0n) is 23.0. The molecule has 0 spiro atoms. The lowest BCUT2D eigenvalue weighted by atomic mass is 9.87. The van der Waals surface area contributed by atoms with Crippen molar-refractivity contribution in [3.63, 3.8) is 0 Å². The van der Waals surface area contributed by atoms with Crippen LogP contribution in [-0.4, -0.2) is 36.8 Å². The Balaban J connectivity index is 1.52. The van der Waals surface area contributed by atoms with Crippen LogP contribution in [0.3, 0.4) is 0 Å². The molecule has 1 aliphatic rings. The van der Waals surface area contributed by atoms with Crippen LogP contribution in [0.4, 0.5) is 5.69 Å². The molecular formula is C32H35N3O3S. The van der Waals surface area contributed by atoms with Crippen molar-refractivity contribution in [1.82, 2.24) is 9.88 Å². The van der Waals surface area contributed by atoms with Crippen LogP contribution < -0.4 is 4.31 Å².